The summed E-state index contributed by atoms with van der Waals surface area (Å²) in [6.07, 6.45) is 28.3. The molecule has 2 aliphatic rings. The smallest absolute Gasteiger partial charge is 0.247 e. The van der Waals surface area contributed by atoms with Crippen LogP contribution in [0.15, 0.2) is 72.0 Å². The van der Waals surface area contributed by atoms with Crippen LogP contribution in [0.2, 0.25) is 0 Å². The summed E-state index contributed by atoms with van der Waals surface area (Å²) in [4.78, 5) is 13.2. The third kappa shape index (κ3) is 9.40. The highest BCUT2D eigenvalue weighted by Crippen LogP contribution is 2.28. The van der Waals surface area contributed by atoms with E-state index >= 15 is 0 Å². The molecule has 0 saturated carbocycles. The Labute approximate surface area is 220 Å². The van der Waals surface area contributed by atoms with E-state index in [2.05, 4.69) is 85.2 Å². The molecule has 3 N–H and O–H groups in total. The highest BCUT2D eigenvalue weighted by molar-refractivity contribution is 14.1. The van der Waals surface area contributed by atoms with Gasteiger partial charge in [-0.05, 0) is 31.4 Å². The predicted octanol–water partition coefficient (Wildman–Crippen LogP) is 7.11. The minimum atomic E-state index is -0.523. The minimum Gasteiger partial charge on any atom is -0.376 e. The van der Waals surface area contributed by atoms with E-state index in [1.807, 2.05) is 36.6 Å². The lowest BCUT2D eigenvalue weighted by Crippen LogP contribution is -2.43. The largest absolute Gasteiger partial charge is 0.376 e. The van der Waals surface area contributed by atoms with Gasteiger partial charge in [-0.3, -0.25) is 4.79 Å². The summed E-state index contributed by atoms with van der Waals surface area (Å²) in [7, 11) is 0. The Morgan fingerprint density at radius 3 is 2.47 bits per heavy atom. The lowest BCUT2D eigenvalue weighted by Gasteiger charge is -2.19. The number of unbranched alkanes of at least 4 members (excludes halogenated alkanes) is 5. The van der Waals surface area contributed by atoms with Crippen molar-refractivity contribution in [2.45, 2.75) is 82.1 Å². The van der Waals surface area contributed by atoms with Gasteiger partial charge in [0.2, 0.25) is 5.91 Å². The molecule has 0 aromatic carbocycles. The van der Waals surface area contributed by atoms with Crippen molar-refractivity contribution in [1.82, 2.24) is 10.6 Å². The van der Waals surface area contributed by atoms with Gasteiger partial charge in [0.25, 0.3) is 0 Å². The second-order valence-electron chi connectivity index (χ2n) is 9.71. The number of carbonyl (C=O) groups excluding carboxylic acids is 1. The molecule has 0 spiro atoms. The highest BCUT2D eigenvalue weighted by Gasteiger charge is 2.23. The molecule has 0 radical (unpaired) electrons. The Bertz CT molecular complexity index is 891. The van der Waals surface area contributed by atoms with E-state index in [-0.39, 0.29) is 14.7 Å². The zero-order chi connectivity index (χ0) is 25.0. The van der Waals surface area contributed by atoms with Crippen LogP contribution in [-0.4, -0.2) is 27.6 Å². The normalized spacial score (nSPS) is 26.2. The average molecular weight is 576 g/mol. The molecular weight excluding hydrogens is 533 g/mol. The van der Waals surface area contributed by atoms with Crippen molar-refractivity contribution in [2.24, 2.45) is 5.41 Å². The summed E-state index contributed by atoms with van der Waals surface area (Å²) in [6.45, 7) is 9.35. The van der Waals surface area contributed by atoms with Crippen LogP contribution in [0.1, 0.15) is 72.6 Å². The fraction of sp³-hybridized carbons (Fsp3) is 0.517. The topological polar surface area (TPSA) is 65.0 Å². The van der Waals surface area contributed by atoms with Gasteiger partial charge in [0, 0.05) is 23.7 Å². The zero-order valence-corrected chi connectivity index (χ0v) is 23.5. The lowest BCUT2D eigenvalue weighted by atomic mass is 9.87. The molecule has 4 nitrogen and oxygen atoms in total. The first-order chi connectivity index (χ1) is 16.2. The quantitative estimate of drug-likeness (QED) is 0.132. The third-order valence-electron chi connectivity index (χ3n) is 6.49. The molecule has 0 bridgehead atoms. The molecule has 2 rings (SSSR count). The van der Waals surface area contributed by atoms with Gasteiger partial charge in [-0.1, -0.05) is 124 Å². The van der Waals surface area contributed by atoms with Gasteiger partial charge in [-0.25, -0.2) is 0 Å². The van der Waals surface area contributed by atoms with E-state index in [1.54, 1.807) is 0 Å². The Kier molecular flexibility index (Phi) is 11.6. The lowest BCUT2D eigenvalue weighted by molar-refractivity contribution is -0.122. The van der Waals surface area contributed by atoms with E-state index in [0.29, 0.717) is 12.3 Å². The van der Waals surface area contributed by atoms with Crippen molar-refractivity contribution >= 4 is 34.2 Å². The highest BCUT2D eigenvalue weighted by atomic mass is 127. The molecule has 1 amide bonds. The molecule has 2 aliphatic carbocycles. The summed E-state index contributed by atoms with van der Waals surface area (Å²) >= 11 is 2.39. The first-order valence-corrected chi connectivity index (χ1v) is 13.8. The van der Waals surface area contributed by atoms with Crippen molar-refractivity contribution in [1.29, 1.82) is 5.41 Å². The van der Waals surface area contributed by atoms with Gasteiger partial charge in [-0.15, -0.1) is 0 Å². The number of hydrogen-bond acceptors (Lipinski definition) is 3. The van der Waals surface area contributed by atoms with Crippen LogP contribution in [0.25, 0.3) is 0 Å². The molecular formula is C29H42IN3O. The van der Waals surface area contributed by atoms with Crippen molar-refractivity contribution in [3.8, 4) is 0 Å². The molecule has 0 heterocycles. The van der Waals surface area contributed by atoms with Crippen molar-refractivity contribution in [2.75, 3.05) is 6.54 Å². The summed E-state index contributed by atoms with van der Waals surface area (Å²) < 4.78 is -0.0878. The Balaban J connectivity index is 2.14. The minimum absolute atomic E-state index is 0.0372. The molecule has 0 saturated heterocycles. The van der Waals surface area contributed by atoms with E-state index in [4.69, 9.17) is 5.41 Å². The molecule has 0 aromatic rings. The fourth-order valence-electron chi connectivity index (χ4n) is 3.78. The number of allylic oxidation sites excluding steroid dienone is 9. The average Bonchev–Trinajstić information content (AvgIpc) is 3.07. The Hall–Kier alpha value is -1.89. The second-order valence-corrected chi connectivity index (χ2v) is 12.0. The Morgan fingerprint density at radius 1 is 1.03 bits per heavy atom. The van der Waals surface area contributed by atoms with Gasteiger partial charge in [0.15, 0.2) is 0 Å². The van der Waals surface area contributed by atoms with E-state index < -0.39 is 6.04 Å². The van der Waals surface area contributed by atoms with Gasteiger partial charge in [-0.2, -0.15) is 0 Å². The van der Waals surface area contributed by atoms with Crippen LogP contribution in [0.5, 0.6) is 0 Å². The second kappa shape index (κ2) is 13.9. The number of alkyl halides is 1. The van der Waals surface area contributed by atoms with Crippen LogP contribution in [0.3, 0.4) is 0 Å². The van der Waals surface area contributed by atoms with E-state index in [1.165, 1.54) is 25.7 Å². The van der Waals surface area contributed by atoms with Crippen LogP contribution >= 0.6 is 22.6 Å². The zero-order valence-electron chi connectivity index (χ0n) is 21.3. The van der Waals surface area contributed by atoms with Gasteiger partial charge in [0.1, 0.15) is 6.04 Å². The van der Waals surface area contributed by atoms with Crippen molar-refractivity contribution < 1.29 is 4.79 Å². The summed E-state index contributed by atoms with van der Waals surface area (Å²) in [5.41, 5.74) is 2.07. The maximum Gasteiger partial charge on any atom is 0.247 e. The van der Waals surface area contributed by atoms with Crippen LogP contribution in [-0.2, 0) is 4.79 Å². The van der Waals surface area contributed by atoms with Gasteiger partial charge in [0.05, 0.1) is 9.13 Å². The number of carbonyl (C=O) groups is 1. The SMILES string of the molecule is CCCCCCCCNC(=O)C(N/C=C1/C=CC(C)(CC)C=CC1=N)C1=CC=CC(C)(I)C=C1. The third-order valence-corrected chi connectivity index (χ3v) is 7.21. The standard InChI is InChI=1S/C29H42IN3O/c1-5-7-8-9-10-11-21-32-27(34)26(23-13-12-17-29(4,30)20-15-23)33-22-24-14-18-28(3,6-2)19-16-25(24)31/h12-20,22,26,31,33H,5-11,21H2,1-4H3,(H,32,34)/b24-22-,31-25?. The summed E-state index contributed by atoms with van der Waals surface area (Å²) in [5, 5.41) is 14.9. The van der Waals surface area contributed by atoms with Gasteiger partial charge < -0.3 is 16.0 Å². The van der Waals surface area contributed by atoms with Crippen LogP contribution in [0.4, 0.5) is 0 Å². The number of nitrogens with one attached hydrogen (secondary N) is 3. The molecule has 5 heteroatoms. The maximum absolute atomic E-state index is 13.2. The maximum atomic E-state index is 13.2. The Morgan fingerprint density at radius 2 is 1.74 bits per heavy atom. The first kappa shape index (κ1) is 28.3. The van der Waals surface area contributed by atoms with Crippen LogP contribution < -0.4 is 10.6 Å². The summed E-state index contributed by atoms with van der Waals surface area (Å²) in [6, 6.07) is -0.523. The van der Waals surface area contributed by atoms with Crippen molar-refractivity contribution in [3.05, 3.63) is 72.0 Å². The molecule has 3 unspecified atom stereocenters. The van der Waals surface area contributed by atoms with Crippen LogP contribution in [0, 0.1) is 10.8 Å². The predicted molar refractivity (Wildman–Crippen MR) is 155 cm³/mol. The van der Waals surface area contributed by atoms with E-state index in [0.717, 1.165) is 30.4 Å². The first-order valence-electron chi connectivity index (χ1n) is 12.7. The molecule has 3 atom stereocenters. The molecule has 0 aromatic heterocycles. The summed E-state index contributed by atoms with van der Waals surface area (Å²) in [5.74, 6) is -0.0372. The molecule has 0 aliphatic heterocycles. The monoisotopic (exact) mass is 575 g/mol. The molecule has 186 valence electrons. The number of halogens is 1. The number of hydrogen-bond donors (Lipinski definition) is 3. The van der Waals surface area contributed by atoms with E-state index in [9.17, 15) is 4.79 Å². The molecule has 34 heavy (non-hydrogen) atoms. The number of amides is 1. The van der Waals surface area contributed by atoms with Gasteiger partial charge >= 0.3 is 0 Å². The molecule has 0 fully saturated rings. The fourth-order valence-corrected chi connectivity index (χ4v) is 4.17. The van der Waals surface area contributed by atoms with Crippen molar-refractivity contribution in [3.63, 3.8) is 0 Å². The number of rotatable bonds is 12.